The zero-order valence-electron chi connectivity index (χ0n) is 27.4. The van der Waals surface area contributed by atoms with Gasteiger partial charge >= 0.3 is 5.69 Å². The number of halogens is 2. The van der Waals surface area contributed by atoms with Crippen LogP contribution in [0.3, 0.4) is 0 Å². The van der Waals surface area contributed by atoms with Gasteiger partial charge in [0.25, 0.3) is 17.7 Å². The number of amides is 3. The lowest BCUT2D eigenvalue weighted by Gasteiger charge is -2.28. The molecule has 0 unspecified atom stereocenters. The van der Waals surface area contributed by atoms with Gasteiger partial charge in [0, 0.05) is 47.1 Å². The topological polar surface area (TPSA) is 156 Å². The Hall–Kier alpha value is -5.34. The predicted molar refractivity (Wildman–Crippen MR) is 192 cm³/mol. The summed E-state index contributed by atoms with van der Waals surface area (Å²) in [5, 5.41) is 7.83. The minimum Gasteiger partial charge on any atom is -0.490 e. The van der Waals surface area contributed by atoms with Crippen LogP contribution in [-0.2, 0) is 17.9 Å². The van der Waals surface area contributed by atoms with E-state index in [-0.39, 0.29) is 43.9 Å². The van der Waals surface area contributed by atoms with Gasteiger partial charge in [-0.3, -0.25) is 23.5 Å². The fraction of sp³-hybridized carbons (Fsp3) is 0.250. The number of carbonyl (C=O) groups excluding carboxylic acids is 3. The van der Waals surface area contributed by atoms with Crippen LogP contribution in [0.1, 0.15) is 57.9 Å². The first kappa shape index (κ1) is 34.1. The summed E-state index contributed by atoms with van der Waals surface area (Å²) in [6.07, 6.45) is 5.56. The Morgan fingerprint density at radius 3 is 2.51 bits per heavy atom. The molecule has 3 aromatic carbocycles. The van der Waals surface area contributed by atoms with Crippen molar-refractivity contribution in [3.8, 4) is 22.9 Å². The van der Waals surface area contributed by atoms with Crippen LogP contribution in [0.5, 0.6) is 11.5 Å². The molecule has 0 spiro atoms. The van der Waals surface area contributed by atoms with Crippen molar-refractivity contribution in [2.75, 3.05) is 13.2 Å². The van der Waals surface area contributed by atoms with Crippen LogP contribution < -0.4 is 26.2 Å². The van der Waals surface area contributed by atoms with Gasteiger partial charge in [-0.15, -0.1) is 0 Å². The molecular weight excluding hydrogens is 742 g/mol. The minimum atomic E-state index is -0.617. The highest BCUT2D eigenvalue weighted by atomic mass is 79.9. The summed E-state index contributed by atoms with van der Waals surface area (Å²) in [5.74, 6) is -0.346. The van der Waals surface area contributed by atoms with Gasteiger partial charge in [0.15, 0.2) is 6.61 Å². The molecule has 1 saturated carbocycles. The van der Waals surface area contributed by atoms with Crippen molar-refractivity contribution in [3.05, 3.63) is 122 Å². The van der Waals surface area contributed by atoms with Crippen molar-refractivity contribution in [2.24, 2.45) is 5.73 Å². The number of ether oxygens (including phenoxy) is 2. The summed E-state index contributed by atoms with van der Waals surface area (Å²) in [5.41, 5.74) is 7.53. The molecule has 3 amide bonds. The number of imidazole rings is 1. The Labute approximate surface area is 305 Å². The second-order valence-corrected chi connectivity index (χ2v) is 13.6. The predicted octanol–water partition coefficient (Wildman–Crippen LogP) is 4.79. The quantitative estimate of drug-likeness (QED) is 0.196. The van der Waals surface area contributed by atoms with Gasteiger partial charge in [-0.05, 0) is 90.3 Å². The van der Waals surface area contributed by atoms with Crippen LogP contribution in [0, 0.1) is 0 Å². The molecule has 13 nitrogen and oxygen atoms in total. The summed E-state index contributed by atoms with van der Waals surface area (Å²) in [6, 6.07) is 18.3. The fourth-order valence-corrected chi connectivity index (χ4v) is 6.48. The van der Waals surface area contributed by atoms with Crippen molar-refractivity contribution >= 4 is 45.3 Å². The highest BCUT2D eigenvalue weighted by molar-refractivity contribution is 9.10. The summed E-state index contributed by atoms with van der Waals surface area (Å²) in [6.45, 7) is 1.97. The number of benzene rings is 3. The first-order valence-electron chi connectivity index (χ1n) is 16.3. The van der Waals surface area contributed by atoms with E-state index in [0.29, 0.717) is 49.2 Å². The molecule has 0 saturated heterocycles. The average Bonchev–Trinajstić information content (AvgIpc) is 3.66. The van der Waals surface area contributed by atoms with Crippen molar-refractivity contribution in [3.63, 3.8) is 0 Å². The summed E-state index contributed by atoms with van der Waals surface area (Å²) >= 11 is 9.66. The maximum absolute atomic E-state index is 14.5. The number of fused-ring (bicyclic) bond motifs is 1. The molecule has 1 atom stereocenters. The van der Waals surface area contributed by atoms with E-state index in [1.165, 1.54) is 4.57 Å². The largest absolute Gasteiger partial charge is 0.490 e. The average molecular weight is 775 g/mol. The van der Waals surface area contributed by atoms with Crippen LogP contribution >= 0.6 is 27.5 Å². The number of nitrogens with zero attached hydrogens (tertiary/aromatic N) is 5. The molecule has 262 valence electrons. The van der Waals surface area contributed by atoms with Crippen LogP contribution in [-0.4, -0.2) is 60.8 Å². The second kappa shape index (κ2) is 14.1. The molecule has 7 rings (SSSR count). The van der Waals surface area contributed by atoms with Crippen LogP contribution in [0.25, 0.3) is 11.4 Å². The fourth-order valence-electron chi connectivity index (χ4n) is 6.06. The first-order chi connectivity index (χ1) is 24.6. The van der Waals surface area contributed by atoms with E-state index in [2.05, 4.69) is 26.3 Å². The highest BCUT2D eigenvalue weighted by Crippen LogP contribution is 2.30. The summed E-state index contributed by atoms with van der Waals surface area (Å²) in [4.78, 5) is 55.2. The third-order valence-corrected chi connectivity index (χ3v) is 9.95. The first-order valence-corrected chi connectivity index (χ1v) is 17.5. The normalized spacial score (nSPS) is 14.5. The Bertz CT molecular complexity index is 2190. The van der Waals surface area contributed by atoms with Crippen LogP contribution in [0.2, 0.25) is 5.02 Å². The molecule has 15 heteroatoms. The van der Waals surface area contributed by atoms with Crippen LogP contribution in [0.4, 0.5) is 0 Å². The third-order valence-electron chi connectivity index (χ3n) is 8.72. The summed E-state index contributed by atoms with van der Waals surface area (Å²) < 4.78 is 16.7. The summed E-state index contributed by atoms with van der Waals surface area (Å²) in [7, 11) is 0. The molecule has 1 fully saturated rings. The van der Waals surface area contributed by atoms with Gasteiger partial charge in [-0.1, -0.05) is 17.7 Å². The molecule has 51 heavy (non-hydrogen) atoms. The van der Waals surface area contributed by atoms with Gasteiger partial charge in [0.05, 0.1) is 40.8 Å². The van der Waals surface area contributed by atoms with Crippen molar-refractivity contribution < 1.29 is 23.9 Å². The van der Waals surface area contributed by atoms with E-state index < -0.39 is 23.5 Å². The number of hydrogen-bond acceptors (Lipinski definition) is 7. The van der Waals surface area contributed by atoms with Gasteiger partial charge in [0.1, 0.15) is 17.2 Å². The highest BCUT2D eigenvalue weighted by Gasteiger charge is 2.33. The Morgan fingerprint density at radius 2 is 1.82 bits per heavy atom. The van der Waals surface area contributed by atoms with E-state index >= 15 is 0 Å². The van der Waals surface area contributed by atoms with Gasteiger partial charge in [0.2, 0.25) is 0 Å². The molecular formula is C36H33BrClN7O6. The second-order valence-electron chi connectivity index (χ2n) is 12.4. The Kier molecular flexibility index (Phi) is 9.44. The molecule has 1 aliphatic heterocycles. The lowest BCUT2D eigenvalue weighted by Crippen LogP contribution is -2.41. The lowest BCUT2D eigenvalue weighted by atomic mass is 10.0. The Balaban J connectivity index is 1.25. The van der Waals surface area contributed by atoms with E-state index in [4.69, 9.17) is 26.8 Å². The van der Waals surface area contributed by atoms with Gasteiger partial charge in [-0.25, -0.2) is 9.48 Å². The molecule has 0 bridgehead atoms. The number of rotatable bonds is 11. The van der Waals surface area contributed by atoms with Crippen LogP contribution in [0.15, 0.2) is 88.4 Å². The van der Waals surface area contributed by atoms with E-state index in [1.807, 2.05) is 6.92 Å². The molecule has 0 radical (unpaired) electrons. The minimum absolute atomic E-state index is 0.0131. The van der Waals surface area contributed by atoms with E-state index in [1.54, 1.807) is 93.3 Å². The van der Waals surface area contributed by atoms with Crippen molar-refractivity contribution in [1.29, 1.82) is 0 Å². The maximum Gasteiger partial charge on any atom is 0.333 e. The molecule has 1 aliphatic carbocycles. The zero-order valence-corrected chi connectivity index (χ0v) is 29.8. The molecule has 3 N–H and O–H groups in total. The van der Waals surface area contributed by atoms with Crippen molar-refractivity contribution in [1.82, 2.24) is 29.1 Å². The maximum atomic E-state index is 14.5. The molecule has 2 aromatic heterocycles. The zero-order chi connectivity index (χ0) is 35.8. The van der Waals surface area contributed by atoms with Gasteiger partial charge < -0.3 is 25.4 Å². The lowest BCUT2D eigenvalue weighted by molar-refractivity contribution is -0.119. The smallest absolute Gasteiger partial charge is 0.333 e. The van der Waals surface area contributed by atoms with Crippen molar-refractivity contribution in [2.45, 2.75) is 45.0 Å². The standard InChI is InChI=1S/C36H33BrClN7O6/c1-21(27-11-10-26(50-20-32(39)46)18-30(27)44-14-2-13-40-44)41-34(47)33-31-19-42(35(48)22-3-12-28(37)29(38)17-22)15-16-43(31)36(49)45(33)23-4-6-24(7-5-23)51-25-8-9-25/h2-7,10-14,17-18,21,25H,8-9,15-16,19-20H2,1H3,(H2,39,46)(H,41,47)/t21-/m1/s1. The number of primary amides is 1. The molecule has 3 heterocycles. The van der Waals surface area contributed by atoms with Gasteiger partial charge in [-0.2, -0.15) is 5.10 Å². The number of nitrogens with one attached hydrogen (secondary N) is 1. The monoisotopic (exact) mass is 773 g/mol. The number of aromatic nitrogens is 4. The molecule has 2 aliphatic rings. The Morgan fingerprint density at radius 1 is 1.06 bits per heavy atom. The van der Waals surface area contributed by atoms with E-state index in [0.717, 1.165) is 12.8 Å². The number of carbonyl (C=O) groups is 3. The number of hydrogen-bond donors (Lipinski definition) is 2. The third kappa shape index (κ3) is 7.14. The molecule has 5 aromatic rings. The SMILES string of the molecule is C[C@@H](NC(=O)c1c2n(c(=O)n1-c1ccc(OC3CC3)cc1)CCN(C(=O)c1ccc(Br)c(Cl)c1)C2)c1ccc(OCC(N)=O)cc1-n1cccn1. The van der Waals surface area contributed by atoms with E-state index in [9.17, 15) is 19.2 Å². The number of nitrogens with two attached hydrogens (primary N) is 1.